The molecule has 0 fully saturated rings. The summed E-state index contributed by atoms with van der Waals surface area (Å²) >= 11 is 12.4. The lowest BCUT2D eigenvalue weighted by molar-refractivity contribution is -0.384. The molecule has 0 bridgehead atoms. The van der Waals surface area contributed by atoms with Crippen molar-refractivity contribution in [3.05, 3.63) is 79.0 Å². The summed E-state index contributed by atoms with van der Waals surface area (Å²) in [7, 11) is 2.66. The minimum absolute atomic E-state index is 0.0151. The van der Waals surface area contributed by atoms with Crippen molar-refractivity contribution in [3.63, 3.8) is 0 Å². The maximum Gasteiger partial charge on any atom is 0.340 e. The monoisotopic (exact) mass is 462 g/mol. The van der Waals surface area contributed by atoms with Gasteiger partial charge in [0.05, 0.1) is 41.0 Å². The van der Waals surface area contributed by atoms with Crippen LogP contribution in [-0.2, 0) is 14.3 Å². The van der Waals surface area contributed by atoms with Gasteiger partial charge in [0.2, 0.25) is 0 Å². The first-order chi connectivity index (χ1) is 14.7. The van der Waals surface area contributed by atoms with Gasteiger partial charge in [-0.3, -0.25) is 19.8 Å². The number of anilines is 1. The van der Waals surface area contributed by atoms with E-state index in [9.17, 15) is 19.7 Å². The number of esters is 1. The molecule has 8 nitrogen and oxygen atoms in total. The van der Waals surface area contributed by atoms with Gasteiger partial charge in [0.25, 0.3) is 11.6 Å². The van der Waals surface area contributed by atoms with Crippen molar-refractivity contribution in [1.29, 1.82) is 0 Å². The van der Waals surface area contributed by atoms with Gasteiger partial charge in [0.1, 0.15) is 5.75 Å². The summed E-state index contributed by atoms with van der Waals surface area (Å²) in [5.74, 6) is -0.853. The number of non-ortho nitro benzene ring substituents is 1. The van der Waals surface area contributed by atoms with Crippen LogP contribution in [0.15, 0.2) is 53.2 Å². The molecular formula is C21H16Cl2N2O6. The van der Waals surface area contributed by atoms with Gasteiger partial charge in [-0.2, -0.15) is 0 Å². The topological polar surface area (TPSA) is 99.0 Å². The van der Waals surface area contributed by atoms with Crippen molar-refractivity contribution >= 4 is 52.5 Å². The molecule has 0 aromatic heterocycles. The van der Waals surface area contributed by atoms with Crippen LogP contribution in [0.5, 0.6) is 5.75 Å². The van der Waals surface area contributed by atoms with E-state index in [1.807, 2.05) is 0 Å². The summed E-state index contributed by atoms with van der Waals surface area (Å²) in [6.45, 7) is 1.58. The molecule has 0 spiro atoms. The number of nitrogens with zero attached hydrogens (tertiary/aromatic N) is 2. The highest BCUT2D eigenvalue weighted by Crippen LogP contribution is 2.39. The fourth-order valence-electron chi connectivity index (χ4n) is 3.20. The van der Waals surface area contributed by atoms with E-state index in [0.29, 0.717) is 17.1 Å². The van der Waals surface area contributed by atoms with Gasteiger partial charge >= 0.3 is 5.97 Å². The minimum atomic E-state index is -0.735. The molecule has 0 saturated heterocycles. The number of allylic oxidation sites excluding steroid dienone is 1. The molecule has 1 aliphatic rings. The summed E-state index contributed by atoms with van der Waals surface area (Å²) in [5, 5.41) is 11.6. The lowest BCUT2D eigenvalue weighted by Crippen LogP contribution is -2.24. The van der Waals surface area contributed by atoms with Gasteiger partial charge in [-0.25, -0.2) is 4.79 Å². The van der Waals surface area contributed by atoms with Crippen LogP contribution in [0.2, 0.25) is 10.0 Å². The van der Waals surface area contributed by atoms with Gasteiger partial charge in [0, 0.05) is 28.4 Å². The van der Waals surface area contributed by atoms with E-state index < -0.39 is 16.8 Å². The average molecular weight is 463 g/mol. The number of ether oxygens (including phenoxy) is 2. The van der Waals surface area contributed by atoms with Gasteiger partial charge < -0.3 is 9.47 Å². The van der Waals surface area contributed by atoms with E-state index in [0.717, 1.165) is 0 Å². The predicted molar refractivity (Wildman–Crippen MR) is 116 cm³/mol. The van der Waals surface area contributed by atoms with Crippen molar-refractivity contribution in [2.24, 2.45) is 0 Å². The quantitative estimate of drug-likeness (QED) is 0.274. The van der Waals surface area contributed by atoms with E-state index in [4.69, 9.17) is 32.7 Å². The molecule has 1 amide bonds. The number of carbonyl (C=O) groups excluding carboxylic acids is 2. The third-order valence-electron chi connectivity index (χ3n) is 4.67. The van der Waals surface area contributed by atoms with E-state index >= 15 is 0 Å². The number of halogens is 2. The molecule has 0 aliphatic carbocycles. The molecular weight excluding hydrogens is 447 g/mol. The molecule has 1 heterocycles. The molecule has 0 saturated carbocycles. The van der Waals surface area contributed by atoms with Crippen molar-refractivity contribution in [1.82, 2.24) is 0 Å². The van der Waals surface area contributed by atoms with Crippen LogP contribution in [0.25, 0.3) is 6.08 Å². The molecule has 3 rings (SSSR count). The highest BCUT2D eigenvalue weighted by molar-refractivity contribution is 6.33. The zero-order valence-corrected chi connectivity index (χ0v) is 18.2. The first kappa shape index (κ1) is 22.3. The molecule has 1 aliphatic heterocycles. The van der Waals surface area contributed by atoms with Crippen LogP contribution < -0.4 is 9.64 Å². The Bertz CT molecular complexity index is 1170. The lowest BCUT2D eigenvalue weighted by Gasteiger charge is -2.19. The molecule has 0 unspecified atom stereocenters. The Labute approximate surface area is 187 Å². The Kier molecular flexibility index (Phi) is 6.33. The van der Waals surface area contributed by atoms with Crippen molar-refractivity contribution < 1.29 is 24.0 Å². The van der Waals surface area contributed by atoms with Gasteiger partial charge in [-0.15, -0.1) is 0 Å². The minimum Gasteiger partial charge on any atom is -0.495 e. The Balaban J connectivity index is 2.18. The second-order valence-electron chi connectivity index (χ2n) is 6.43. The van der Waals surface area contributed by atoms with Crippen molar-refractivity contribution in [3.8, 4) is 5.75 Å². The largest absolute Gasteiger partial charge is 0.495 e. The Morgan fingerprint density at radius 2 is 1.84 bits per heavy atom. The number of nitro benzene ring substituents is 1. The number of hydrogen-bond donors (Lipinski definition) is 0. The van der Waals surface area contributed by atoms with Gasteiger partial charge in [-0.1, -0.05) is 23.2 Å². The summed E-state index contributed by atoms with van der Waals surface area (Å²) in [6, 6.07) is 8.55. The molecule has 10 heteroatoms. The number of rotatable bonds is 5. The van der Waals surface area contributed by atoms with Crippen LogP contribution in [0, 0.1) is 10.1 Å². The summed E-state index contributed by atoms with van der Waals surface area (Å²) in [6.07, 6.45) is 1.33. The maximum absolute atomic E-state index is 13.3. The molecule has 2 aromatic rings. The average Bonchev–Trinajstić information content (AvgIpc) is 2.98. The fraction of sp³-hybridized carbons (Fsp3) is 0.143. The number of nitro groups is 1. The third kappa shape index (κ3) is 4.12. The van der Waals surface area contributed by atoms with Crippen molar-refractivity contribution in [2.75, 3.05) is 19.1 Å². The molecule has 31 heavy (non-hydrogen) atoms. The van der Waals surface area contributed by atoms with Gasteiger partial charge in [0.15, 0.2) is 0 Å². The second kappa shape index (κ2) is 8.79. The standard InChI is InChI=1S/C21H16Cl2N2O6/c1-11-19(21(27)31-3)15(9-12-8-14(25(28)29)4-6-16(12)22)20(26)24(11)13-5-7-18(30-2)17(23)10-13/h4-10H,1-3H3/b15-9-. The number of benzene rings is 2. The number of hydrogen-bond acceptors (Lipinski definition) is 6. The molecule has 160 valence electrons. The van der Waals surface area contributed by atoms with Crippen LogP contribution in [0.3, 0.4) is 0 Å². The Morgan fingerprint density at radius 3 is 2.42 bits per heavy atom. The highest BCUT2D eigenvalue weighted by Gasteiger charge is 2.38. The van der Waals surface area contributed by atoms with Crippen LogP contribution in [-0.4, -0.2) is 31.0 Å². The van der Waals surface area contributed by atoms with E-state index in [2.05, 4.69) is 0 Å². The molecule has 0 N–H and O–H groups in total. The first-order valence-electron chi connectivity index (χ1n) is 8.82. The molecule has 0 atom stereocenters. The zero-order chi connectivity index (χ0) is 22.9. The van der Waals surface area contributed by atoms with Crippen LogP contribution in [0.1, 0.15) is 12.5 Å². The first-order valence-corrected chi connectivity index (χ1v) is 9.58. The molecule has 0 radical (unpaired) electrons. The molecule has 2 aromatic carbocycles. The Morgan fingerprint density at radius 1 is 1.13 bits per heavy atom. The Hall–Kier alpha value is -3.36. The SMILES string of the molecule is COC(=O)C1=C(C)N(c2ccc(OC)c(Cl)c2)C(=O)/C1=C\c1cc([N+](=O)[O-])ccc1Cl. The number of amides is 1. The summed E-state index contributed by atoms with van der Waals surface area (Å²) < 4.78 is 9.99. The zero-order valence-electron chi connectivity index (χ0n) is 16.6. The second-order valence-corrected chi connectivity index (χ2v) is 7.25. The smallest absolute Gasteiger partial charge is 0.340 e. The van der Waals surface area contributed by atoms with E-state index in [-0.39, 0.29) is 32.4 Å². The van der Waals surface area contributed by atoms with Gasteiger partial charge in [-0.05, 0) is 37.3 Å². The van der Waals surface area contributed by atoms with Crippen LogP contribution in [0.4, 0.5) is 11.4 Å². The maximum atomic E-state index is 13.3. The summed E-state index contributed by atoms with van der Waals surface area (Å²) in [4.78, 5) is 37.6. The van der Waals surface area contributed by atoms with Crippen LogP contribution >= 0.6 is 23.2 Å². The number of methoxy groups -OCH3 is 2. The van der Waals surface area contributed by atoms with Crippen molar-refractivity contribution in [2.45, 2.75) is 6.92 Å². The fourth-order valence-corrected chi connectivity index (χ4v) is 3.62. The summed E-state index contributed by atoms with van der Waals surface area (Å²) in [5.41, 5.74) is 0.721. The van der Waals surface area contributed by atoms with E-state index in [1.165, 1.54) is 49.5 Å². The normalized spacial score (nSPS) is 14.9. The number of carbonyl (C=O) groups is 2. The predicted octanol–water partition coefficient (Wildman–Crippen LogP) is 4.79. The lowest BCUT2D eigenvalue weighted by atomic mass is 10.0. The van der Waals surface area contributed by atoms with E-state index in [1.54, 1.807) is 19.1 Å². The highest BCUT2D eigenvalue weighted by atomic mass is 35.5. The third-order valence-corrected chi connectivity index (χ3v) is 5.31.